The quantitative estimate of drug-likeness (QED) is 0.789. The number of aromatic amines is 1. The van der Waals surface area contributed by atoms with Gasteiger partial charge in [0.1, 0.15) is 5.82 Å². The third-order valence-corrected chi connectivity index (χ3v) is 6.03. The number of pyridine rings is 1. The molecule has 0 radical (unpaired) electrons. The second kappa shape index (κ2) is 5.41. The minimum atomic E-state index is 0.242. The maximum Gasteiger partial charge on any atom is 0.222 e. The van der Waals surface area contributed by atoms with Crippen molar-refractivity contribution in [1.82, 2.24) is 19.9 Å². The van der Waals surface area contributed by atoms with Gasteiger partial charge in [-0.25, -0.2) is 4.98 Å². The molecular weight excluding hydrogens is 320 g/mol. The van der Waals surface area contributed by atoms with E-state index in [0.717, 1.165) is 40.8 Å². The van der Waals surface area contributed by atoms with Gasteiger partial charge in [0.05, 0.1) is 33.5 Å². The van der Waals surface area contributed by atoms with Crippen molar-refractivity contribution in [2.45, 2.75) is 38.1 Å². The Kier molecular flexibility index (Phi) is 3.19. The largest absolute Gasteiger partial charge is 0.340 e. The topological polar surface area (TPSA) is 61.9 Å². The number of amides is 1. The van der Waals surface area contributed by atoms with Gasteiger partial charge in [0.15, 0.2) is 0 Å². The van der Waals surface area contributed by atoms with Gasteiger partial charge >= 0.3 is 0 Å². The van der Waals surface area contributed by atoms with Gasteiger partial charge in [0, 0.05) is 19.2 Å². The zero-order valence-electron chi connectivity index (χ0n) is 13.3. The van der Waals surface area contributed by atoms with Crippen molar-refractivity contribution < 1.29 is 4.79 Å². The average molecular weight is 338 g/mol. The van der Waals surface area contributed by atoms with Gasteiger partial charge < -0.3 is 9.88 Å². The van der Waals surface area contributed by atoms with Crippen molar-refractivity contribution in [2.24, 2.45) is 0 Å². The molecule has 1 saturated carbocycles. The molecule has 0 spiro atoms. The van der Waals surface area contributed by atoms with E-state index in [2.05, 4.69) is 27.1 Å². The van der Waals surface area contributed by atoms with Crippen LogP contribution in [0.25, 0.3) is 20.9 Å². The van der Waals surface area contributed by atoms with E-state index < -0.39 is 0 Å². The van der Waals surface area contributed by atoms with Crippen molar-refractivity contribution in [3.8, 4) is 10.7 Å². The average Bonchev–Trinajstić information content (AvgIpc) is 2.98. The highest BCUT2D eigenvalue weighted by Crippen LogP contribution is 2.45. The molecule has 1 N–H and O–H groups in total. The lowest BCUT2D eigenvalue weighted by atomic mass is 10.1. The molecule has 4 heterocycles. The van der Waals surface area contributed by atoms with E-state index in [0.29, 0.717) is 13.0 Å². The Morgan fingerprint density at radius 1 is 1.33 bits per heavy atom. The first-order chi connectivity index (χ1) is 11.8. The number of likely N-dealkylation sites (tertiary alicyclic amines) is 1. The number of nitrogens with zero attached hydrogens (tertiary/aromatic N) is 3. The van der Waals surface area contributed by atoms with Crippen molar-refractivity contribution in [1.29, 1.82) is 0 Å². The minimum Gasteiger partial charge on any atom is -0.340 e. The van der Waals surface area contributed by atoms with Gasteiger partial charge in [-0.1, -0.05) is 0 Å². The van der Waals surface area contributed by atoms with Crippen LogP contribution in [0.1, 0.15) is 42.9 Å². The fourth-order valence-corrected chi connectivity index (χ4v) is 4.59. The predicted octanol–water partition coefficient (Wildman–Crippen LogP) is 3.69. The summed E-state index contributed by atoms with van der Waals surface area (Å²) < 4.78 is 1.29. The van der Waals surface area contributed by atoms with Gasteiger partial charge in [0.2, 0.25) is 5.91 Å². The van der Waals surface area contributed by atoms with E-state index in [4.69, 9.17) is 0 Å². The maximum absolute atomic E-state index is 11.8. The molecule has 0 unspecified atom stereocenters. The summed E-state index contributed by atoms with van der Waals surface area (Å²) in [5.41, 5.74) is 3.49. The normalized spacial score (nSPS) is 18.0. The van der Waals surface area contributed by atoms with E-state index in [-0.39, 0.29) is 5.91 Å². The summed E-state index contributed by atoms with van der Waals surface area (Å²) >= 11 is 1.77. The smallest absolute Gasteiger partial charge is 0.222 e. The number of H-pyrrole nitrogens is 1. The number of fused-ring (bicyclic) bond motifs is 1. The van der Waals surface area contributed by atoms with E-state index in [1.807, 2.05) is 17.3 Å². The fourth-order valence-electron chi connectivity index (χ4n) is 3.43. The molecule has 1 saturated heterocycles. The second-order valence-electron chi connectivity index (χ2n) is 6.68. The molecule has 2 fully saturated rings. The van der Waals surface area contributed by atoms with E-state index in [1.165, 1.54) is 23.1 Å². The zero-order chi connectivity index (χ0) is 16.1. The molecule has 1 amide bonds. The van der Waals surface area contributed by atoms with E-state index in [9.17, 15) is 4.79 Å². The summed E-state index contributed by atoms with van der Waals surface area (Å²) in [5.74, 6) is 1.84. The molecule has 1 aliphatic heterocycles. The van der Waals surface area contributed by atoms with Crippen molar-refractivity contribution in [3.05, 3.63) is 35.8 Å². The summed E-state index contributed by atoms with van der Waals surface area (Å²) in [6.45, 7) is 1.48. The first-order valence-corrected chi connectivity index (χ1v) is 9.30. The van der Waals surface area contributed by atoms with E-state index in [1.54, 1.807) is 11.3 Å². The number of hydrogen-bond acceptors (Lipinski definition) is 4. The number of hydrogen-bond donors (Lipinski definition) is 1. The van der Waals surface area contributed by atoms with Gasteiger partial charge in [-0.05, 0) is 42.9 Å². The predicted molar refractivity (Wildman–Crippen MR) is 93.8 cm³/mol. The summed E-state index contributed by atoms with van der Waals surface area (Å²) in [5, 5.41) is 0. The van der Waals surface area contributed by atoms with Gasteiger partial charge in [-0.15, -0.1) is 11.3 Å². The number of imidazole rings is 1. The van der Waals surface area contributed by atoms with Crippen molar-refractivity contribution in [3.63, 3.8) is 0 Å². The molecule has 122 valence electrons. The van der Waals surface area contributed by atoms with Crippen LogP contribution in [0.15, 0.2) is 24.5 Å². The Balaban J connectivity index is 1.45. The molecule has 3 aromatic rings. The fraction of sp³-hybridized carbons (Fsp3) is 0.389. The Morgan fingerprint density at radius 2 is 2.25 bits per heavy atom. The molecule has 3 aromatic heterocycles. The molecule has 2 aliphatic rings. The first kappa shape index (κ1) is 14.2. The van der Waals surface area contributed by atoms with Crippen LogP contribution in [0, 0.1) is 0 Å². The SMILES string of the molecule is O=C1CCCN1Cc1cnc(-c2cc3nccc(C4CC4)c3s2)[nH]1. The highest BCUT2D eigenvalue weighted by Gasteiger charge is 2.26. The third kappa shape index (κ3) is 2.41. The van der Waals surface area contributed by atoms with Crippen LogP contribution in [0.5, 0.6) is 0 Å². The molecule has 5 nitrogen and oxygen atoms in total. The van der Waals surface area contributed by atoms with Gasteiger partial charge in [-0.2, -0.15) is 0 Å². The lowest BCUT2D eigenvalue weighted by Gasteiger charge is -2.13. The third-order valence-electron chi connectivity index (χ3n) is 4.85. The van der Waals surface area contributed by atoms with Crippen LogP contribution < -0.4 is 0 Å². The molecule has 0 aromatic carbocycles. The lowest BCUT2D eigenvalue weighted by Crippen LogP contribution is -2.23. The summed E-state index contributed by atoms with van der Waals surface area (Å²) in [7, 11) is 0. The number of aromatic nitrogens is 3. The standard InChI is InChI=1S/C18H18N4OS/c23-16-2-1-7-22(16)10-12-9-20-18(21-12)15-8-14-17(24-15)13(5-6-19-14)11-3-4-11/h5-6,8-9,11H,1-4,7,10H2,(H,20,21). The Hall–Kier alpha value is -2.21. The van der Waals surface area contributed by atoms with Gasteiger partial charge in [0.25, 0.3) is 0 Å². The van der Waals surface area contributed by atoms with Crippen LogP contribution in [-0.4, -0.2) is 32.3 Å². The molecule has 0 atom stereocenters. The number of thiophene rings is 1. The molecule has 1 aliphatic carbocycles. The van der Waals surface area contributed by atoms with Crippen molar-refractivity contribution in [2.75, 3.05) is 6.54 Å². The second-order valence-corrected chi connectivity index (χ2v) is 7.73. The zero-order valence-corrected chi connectivity index (χ0v) is 14.1. The Morgan fingerprint density at radius 3 is 3.04 bits per heavy atom. The minimum absolute atomic E-state index is 0.242. The molecule has 24 heavy (non-hydrogen) atoms. The maximum atomic E-state index is 11.8. The lowest BCUT2D eigenvalue weighted by molar-refractivity contribution is -0.128. The van der Waals surface area contributed by atoms with Crippen LogP contribution in [0.4, 0.5) is 0 Å². The summed E-state index contributed by atoms with van der Waals surface area (Å²) in [6, 6.07) is 4.28. The number of rotatable bonds is 4. The molecule has 5 rings (SSSR count). The Labute approximate surface area is 143 Å². The van der Waals surface area contributed by atoms with Gasteiger partial charge in [-0.3, -0.25) is 9.78 Å². The highest BCUT2D eigenvalue weighted by molar-refractivity contribution is 7.22. The number of carbonyl (C=O) groups excluding carboxylic acids is 1. The molecule has 0 bridgehead atoms. The van der Waals surface area contributed by atoms with Crippen LogP contribution in [-0.2, 0) is 11.3 Å². The van der Waals surface area contributed by atoms with Crippen LogP contribution in [0.2, 0.25) is 0 Å². The summed E-state index contributed by atoms with van der Waals surface area (Å²) in [4.78, 5) is 27.2. The number of nitrogens with one attached hydrogen (secondary N) is 1. The first-order valence-electron chi connectivity index (χ1n) is 8.48. The van der Waals surface area contributed by atoms with E-state index >= 15 is 0 Å². The van der Waals surface area contributed by atoms with Crippen LogP contribution in [0.3, 0.4) is 0 Å². The summed E-state index contributed by atoms with van der Waals surface area (Å²) in [6.07, 6.45) is 7.99. The monoisotopic (exact) mass is 338 g/mol. The van der Waals surface area contributed by atoms with Crippen molar-refractivity contribution >= 4 is 27.5 Å². The molecule has 6 heteroatoms. The Bertz CT molecular complexity index is 924. The highest BCUT2D eigenvalue weighted by atomic mass is 32.1. The molecular formula is C18H18N4OS. The number of carbonyl (C=O) groups is 1. The van der Waals surface area contributed by atoms with Crippen LogP contribution >= 0.6 is 11.3 Å².